The molecule has 5 heteroatoms. The molecule has 3 N–H and O–H groups in total. The highest BCUT2D eigenvalue weighted by atomic mass is 16.7. The van der Waals surface area contributed by atoms with Crippen LogP contribution in [0.4, 0.5) is 0 Å². The van der Waals surface area contributed by atoms with Gasteiger partial charge in [0.05, 0.1) is 0 Å². The number of hydrogen-bond acceptors (Lipinski definition) is 3. The summed E-state index contributed by atoms with van der Waals surface area (Å²) in [4.78, 5) is 25.4. The van der Waals surface area contributed by atoms with E-state index in [1.54, 1.807) is 0 Å². The van der Waals surface area contributed by atoms with Gasteiger partial charge in [0.2, 0.25) is 11.8 Å². The molecule has 0 radical (unpaired) electrons. The Morgan fingerprint density at radius 2 is 2.17 bits per heavy atom. The van der Waals surface area contributed by atoms with Crippen LogP contribution in [0.3, 0.4) is 0 Å². The number of nitrogens with one attached hydrogen (secondary N) is 1. The molecule has 0 aliphatic heterocycles. The van der Waals surface area contributed by atoms with Gasteiger partial charge >= 0.3 is 0 Å². The molecule has 0 bridgehead atoms. The summed E-state index contributed by atoms with van der Waals surface area (Å²) in [5.41, 5.74) is 6.87. The summed E-state index contributed by atoms with van der Waals surface area (Å²) in [5, 5.41) is 0. The Morgan fingerprint density at radius 3 is 2.67 bits per heavy atom. The highest BCUT2D eigenvalue weighted by Gasteiger charge is 2.00. The molecule has 70 valence electrons. The fourth-order valence-electron chi connectivity index (χ4n) is 0.576. The first-order valence-electron chi connectivity index (χ1n) is 3.85. The van der Waals surface area contributed by atoms with E-state index in [4.69, 9.17) is 5.73 Å². The van der Waals surface area contributed by atoms with E-state index >= 15 is 0 Å². The predicted octanol–water partition coefficient (Wildman–Crippen LogP) is -0.290. The SMILES string of the molecule is CCCCC(=O)NOCC(N)=O. The van der Waals surface area contributed by atoms with Crippen LogP contribution in [0.2, 0.25) is 0 Å². The number of amides is 2. The van der Waals surface area contributed by atoms with Crippen molar-refractivity contribution in [3.8, 4) is 0 Å². The van der Waals surface area contributed by atoms with Crippen LogP contribution in [-0.4, -0.2) is 18.4 Å². The molecule has 5 nitrogen and oxygen atoms in total. The van der Waals surface area contributed by atoms with Crippen molar-refractivity contribution in [1.29, 1.82) is 0 Å². The van der Waals surface area contributed by atoms with Crippen molar-refractivity contribution in [3.63, 3.8) is 0 Å². The Kier molecular flexibility index (Phi) is 6.00. The van der Waals surface area contributed by atoms with Crippen LogP contribution in [0.5, 0.6) is 0 Å². The van der Waals surface area contributed by atoms with E-state index in [-0.39, 0.29) is 12.5 Å². The van der Waals surface area contributed by atoms with E-state index < -0.39 is 5.91 Å². The molecule has 0 aliphatic carbocycles. The molecule has 0 fully saturated rings. The summed E-state index contributed by atoms with van der Waals surface area (Å²) >= 11 is 0. The van der Waals surface area contributed by atoms with Gasteiger partial charge in [-0.05, 0) is 6.42 Å². The number of carbonyl (C=O) groups excluding carboxylic acids is 2. The van der Waals surface area contributed by atoms with Crippen molar-refractivity contribution in [1.82, 2.24) is 5.48 Å². The molecule has 0 aliphatic rings. The topological polar surface area (TPSA) is 81.4 Å². The minimum absolute atomic E-state index is 0.224. The van der Waals surface area contributed by atoms with Gasteiger partial charge in [-0.1, -0.05) is 13.3 Å². The van der Waals surface area contributed by atoms with Gasteiger partial charge in [0.15, 0.2) is 6.61 Å². The van der Waals surface area contributed by atoms with Gasteiger partial charge < -0.3 is 5.73 Å². The third-order valence-corrected chi connectivity index (χ3v) is 1.16. The quantitative estimate of drug-likeness (QED) is 0.543. The van der Waals surface area contributed by atoms with Gasteiger partial charge in [-0.3, -0.25) is 14.4 Å². The molecule has 0 saturated carbocycles. The lowest BCUT2D eigenvalue weighted by Crippen LogP contribution is -2.29. The summed E-state index contributed by atoms with van der Waals surface area (Å²) in [6.45, 7) is 1.70. The fourth-order valence-corrected chi connectivity index (χ4v) is 0.576. The van der Waals surface area contributed by atoms with Gasteiger partial charge in [0.25, 0.3) is 0 Å². The van der Waals surface area contributed by atoms with Crippen LogP contribution in [0, 0.1) is 0 Å². The van der Waals surface area contributed by atoms with Gasteiger partial charge in [-0.25, -0.2) is 5.48 Å². The molecule has 0 atom stereocenters. The largest absolute Gasteiger partial charge is 0.368 e. The third kappa shape index (κ3) is 7.01. The van der Waals surface area contributed by atoms with Crippen molar-refractivity contribution in [2.24, 2.45) is 5.73 Å². The maximum atomic E-state index is 10.8. The smallest absolute Gasteiger partial charge is 0.246 e. The molecular weight excluding hydrogens is 160 g/mol. The standard InChI is InChI=1S/C7H14N2O3/c1-2-3-4-7(11)9-12-5-6(8)10/h2-5H2,1H3,(H2,8,10)(H,9,11). The van der Waals surface area contributed by atoms with Gasteiger partial charge in [-0.2, -0.15) is 0 Å². The Hall–Kier alpha value is -1.10. The predicted molar refractivity (Wildman–Crippen MR) is 42.8 cm³/mol. The van der Waals surface area contributed by atoms with Gasteiger partial charge in [0, 0.05) is 6.42 Å². The summed E-state index contributed by atoms with van der Waals surface area (Å²) in [6.07, 6.45) is 2.17. The highest BCUT2D eigenvalue weighted by Crippen LogP contribution is 1.92. The van der Waals surface area contributed by atoms with Crippen molar-refractivity contribution in [3.05, 3.63) is 0 Å². The summed E-state index contributed by atoms with van der Waals surface area (Å²) < 4.78 is 0. The minimum Gasteiger partial charge on any atom is -0.368 e. The summed E-state index contributed by atoms with van der Waals surface area (Å²) in [6, 6.07) is 0. The van der Waals surface area contributed by atoms with Crippen LogP contribution in [0.1, 0.15) is 26.2 Å². The van der Waals surface area contributed by atoms with E-state index in [9.17, 15) is 9.59 Å². The van der Waals surface area contributed by atoms with Crippen molar-refractivity contribution in [2.75, 3.05) is 6.61 Å². The molecule has 0 aromatic rings. The van der Waals surface area contributed by atoms with Crippen molar-refractivity contribution >= 4 is 11.8 Å². The average molecular weight is 174 g/mol. The van der Waals surface area contributed by atoms with E-state index in [1.165, 1.54) is 0 Å². The van der Waals surface area contributed by atoms with Crippen LogP contribution in [0.25, 0.3) is 0 Å². The molecule has 0 unspecified atom stereocenters. The van der Waals surface area contributed by atoms with E-state index in [2.05, 4.69) is 10.3 Å². The minimum atomic E-state index is -0.606. The maximum absolute atomic E-state index is 10.8. The first kappa shape index (κ1) is 10.9. The Bertz CT molecular complexity index is 159. The molecular formula is C7H14N2O3. The second-order valence-electron chi connectivity index (χ2n) is 2.38. The zero-order valence-electron chi connectivity index (χ0n) is 7.13. The number of primary amides is 1. The second-order valence-corrected chi connectivity index (χ2v) is 2.38. The lowest BCUT2D eigenvalue weighted by molar-refractivity contribution is -0.138. The van der Waals surface area contributed by atoms with E-state index in [0.29, 0.717) is 6.42 Å². The summed E-state index contributed by atoms with van der Waals surface area (Å²) in [7, 11) is 0. The number of unbranched alkanes of at least 4 members (excludes halogenated alkanes) is 1. The third-order valence-electron chi connectivity index (χ3n) is 1.16. The molecule has 0 rings (SSSR count). The van der Waals surface area contributed by atoms with Gasteiger partial charge in [-0.15, -0.1) is 0 Å². The fraction of sp³-hybridized carbons (Fsp3) is 0.714. The molecule has 0 heterocycles. The van der Waals surface area contributed by atoms with Crippen LogP contribution in [0.15, 0.2) is 0 Å². The molecule has 0 aromatic carbocycles. The Labute approximate surface area is 71.2 Å². The maximum Gasteiger partial charge on any atom is 0.246 e. The number of rotatable bonds is 6. The zero-order chi connectivity index (χ0) is 9.40. The first-order valence-corrected chi connectivity index (χ1v) is 3.85. The van der Waals surface area contributed by atoms with E-state index in [1.807, 2.05) is 6.92 Å². The highest BCUT2D eigenvalue weighted by molar-refractivity contribution is 5.76. The molecule has 0 spiro atoms. The lowest BCUT2D eigenvalue weighted by atomic mass is 10.2. The normalized spacial score (nSPS) is 9.42. The van der Waals surface area contributed by atoms with Crippen LogP contribution in [-0.2, 0) is 14.4 Å². The van der Waals surface area contributed by atoms with Gasteiger partial charge in [0.1, 0.15) is 0 Å². The number of nitrogens with two attached hydrogens (primary N) is 1. The Balaban J connectivity index is 3.25. The molecule has 2 amide bonds. The van der Waals surface area contributed by atoms with Crippen LogP contribution < -0.4 is 11.2 Å². The average Bonchev–Trinajstić information content (AvgIpc) is 2.00. The monoisotopic (exact) mass is 174 g/mol. The lowest BCUT2D eigenvalue weighted by Gasteiger charge is -2.02. The summed E-state index contributed by atoms with van der Waals surface area (Å²) in [5.74, 6) is -0.830. The van der Waals surface area contributed by atoms with E-state index in [0.717, 1.165) is 12.8 Å². The molecule has 12 heavy (non-hydrogen) atoms. The molecule has 0 saturated heterocycles. The first-order chi connectivity index (χ1) is 5.66. The van der Waals surface area contributed by atoms with Crippen molar-refractivity contribution in [2.45, 2.75) is 26.2 Å². The Morgan fingerprint density at radius 1 is 1.50 bits per heavy atom. The molecule has 0 aromatic heterocycles. The second kappa shape index (κ2) is 6.60. The number of hydroxylamine groups is 1. The van der Waals surface area contributed by atoms with Crippen molar-refractivity contribution < 1.29 is 14.4 Å². The zero-order valence-corrected chi connectivity index (χ0v) is 7.13. The number of hydrogen-bond donors (Lipinski definition) is 2. The van der Waals surface area contributed by atoms with Crippen LogP contribution >= 0.6 is 0 Å². The number of carbonyl (C=O) groups is 2.